The summed E-state index contributed by atoms with van der Waals surface area (Å²) in [6.07, 6.45) is 0.312. The normalized spacial score (nSPS) is 10.7. The van der Waals surface area contributed by atoms with Crippen LogP contribution in [0.2, 0.25) is 0 Å². The van der Waals surface area contributed by atoms with E-state index < -0.39 is 0 Å². The summed E-state index contributed by atoms with van der Waals surface area (Å²) in [5, 5.41) is 8.69. The minimum absolute atomic E-state index is 0.00855. The van der Waals surface area contributed by atoms with Crippen molar-refractivity contribution in [2.45, 2.75) is 27.2 Å². The third kappa shape index (κ3) is 5.15. The molecule has 0 saturated carbocycles. The number of hydrogen-bond acceptors (Lipinski definition) is 5. The van der Waals surface area contributed by atoms with Gasteiger partial charge in [0.25, 0.3) is 0 Å². The van der Waals surface area contributed by atoms with Gasteiger partial charge in [-0.25, -0.2) is 9.97 Å². The van der Waals surface area contributed by atoms with E-state index in [1.54, 1.807) is 0 Å². The van der Waals surface area contributed by atoms with Crippen LogP contribution in [0, 0.1) is 12.8 Å². The molecule has 0 fully saturated rings. The lowest BCUT2D eigenvalue weighted by atomic mass is 10.2. The van der Waals surface area contributed by atoms with E-state index in [1.807, 2.05) is 30.5 Å². The molecule has 0 aliphatic heterocycles. The lowest BCUT2D eigenvalue weighted by molar-refractivity contribution is -0.120. The molecule has 2 aromatic heterocycles. The average molecular weight is 304 g/mol. The van der Waals surface area contributed by atoms with Crippen LogP contribution < -0.4 is 10.6 Å². The van der Waals surface area contributed by atoms with Gasteiger partial charge in [-0.15, -0.1) is 11.3 Å². The predicted octanol–water partition coefficient (Wildman–Crippen LogP) is 2.90. The first-order chi connectivity index (χ1) is 10.0. The third-order valence-corrected chi connectivity index (χ3v) is 3.53. The number of amides is 1. The monoisotopic (exact) mass is 304 g/mol. The van der Waals surface area contributed by atoms with Crippen molar-refractivity contribution >= 4 is 28.2 Å². The number of anilines is 2. The van der Waals surface area contributed by atoms with Gasteiger partial charge in [0.2, 0.25) is 5.91 Å². The van der Waals surface area contributed by atoms with E-state index in [0.717, 1.165) is 22.3 Å². The second-order valence-electron chi connectivity index (χ2n) is 5.31. The van der Waals surface area contributed by atoms with Crippen molar-refractivity contribution in [3.05, 3.63) is 35.0 Å². The van der Waals surface area contributed by atoms with E-state index in [-0.39, 0.29) is 5.91 Å². The Morgan fingerprint density at radius 1 is 1.33 bits per heavy atom. The van der Waals surface area contributed by atoms with Gasteiger partial charge in [-0.3, -0.25) is 4.79 Å². The highest BCUT2D eigenvalue weighted by atomic mass is 32.1. The summed E-state index contributed by atoms with van der Waals surface area (Å²) in [7, 11) is 0. The Morgan fingerprint density at radius 2 is 2.14 bits per heavy atom. The number of carbonyl (C=O) groups is 1. The molecular formula is C15H20N4OS. The molecule has 0 spiro atoms. The third-order valence-electron chi connectivity index (χ3n) is 2.72. The molecule has 0 aromatic carbocycles. The molecule has 0 saturated heterocycles. The van der Waals surface area contributed by atoms with Crippen LogP contribution >= 0.6 is 11.3 Å². The molecule has 0 aliphatic carbocycles. The largest absolute Gasteiger partial charge is 0.356 e. The molecule has 2 aromatic rings. The fourth-order valence-electron chi connectivity index (χ4n) is 1.71. The highest BCUT2D eigenvalue weighted by molar-refractivity contribution is 7.13. The maximum atomic E-state index is 11.7. The zero-order valence-electron chi connectivity index (χ0n) is 12.5. The fraction of sp³-hybridized carbons (Fsp3) is 0.400. The smallest absolute Gasteiger partial charge is 0.226 e. The zero-order chi connectivity index (χ0) is 15.2. The molecule has 1 amide bonds. The molecule has 0 aliphatic rings. The molecule has 6 heteroatoms. The van der Waals surface area contributed by atoms with Crippen molar-refractivity contribution in [2.24, 2.45) is 5.92 Å². The van der Waals surface area contributed by atoms with E-state index in [4.69, 9.17) is 0 Å². The second-order valence-corrected chi connectivity index (χ2v) is 6.17. The number of aryl methyl sites for hydroxylation is 1. The van der Waals surface area contributed by atoms with Crippen molar-refractivity contribution in [1.82, 2.24) is 15.3 Å². The number of rotatable bonds is 6. The Kier molecular flexibility index (Phi) is 5.27. The molecule has 21 heavy (non-hydrogen) atoms. The van der Waals surface area contributed by atoms with Gasteiger partial charge in [0, 0.05) is 17.6 Å². The molecule has 0 unspecified atom stereocenters. The van der Waals surface area contributed by atoms with Gasteiger partial charge in [0.1, 0.15) is 5.82 Å². The fourth-order valence-corrected chi connectivity index (χ4v) is 2.43. The van der Waals surface area contributed by atoms with Crippen LogP contribution in [0.25, 0.3) is 0 Å². The molecule has 112 valence electrons. The Bertz CT molecular complexity index is 609. The highest BCUT2D eigenvalue weighted by Crippen LogP contribution is 2.20. The van der Waals surface area contributed by atoms with E-state index in [2.05, 4.69) is 34.4 Å². The van der Waals surface area contributed by atoms with E-state index in [1.165, 1.54) is 11.3 Å². The standard InChI is InChI=1S/C15H20N4OS/c1-10(2)8-16-14(20)7-12-9-21-15(18-12)19-13-6-4-5-11(3)17-13/h4-6,9-10H,7-8H2,1-3H3,(H,16,20)(H,17,18,19). The maximum Gasteiger partial charge on any atom is 0.226 e. The lowest BCUT2D eigenvalue weighted by Crippen LogP contribution is -2.28. The first-order valence-electron chi connectivity index (χ1n) is 6.94. The minimum atomic E-state index is 0.00855. The molecule has 2 heterocycles. The van der Waals surface area contributed by atoms with Crippen molar-refractivity contribution in [1.29, 1.82) is 0 Å². The Morgan fingerprint density at radius 3 is 2.86 bits per heavy atom. The summed E-state index contributed by atoms with van der Waals surface area (Å²) in [6, 6.07) is 5.78. The van der Waals surface area contributed by atoms with Crippen LogP contribution in [0.15, 0.2) is 23.6 Å². The summed E-state index contributed by atoms with van der Waals surface area (Å²) in [4.78, 5) is 20.5. The number of thiazole rings is 1. The highest BCUT2D eigenvalue weighted by Gasteiger charge is 2.08. The minimum Gasteiger partial charge on any atom is -0.356 e. The van der Waals surface area contributed by atoms with Gasteiger partial charge in [0.05, 0.1) is 12.1 Å². The van der Waals surface area contributed by atoms with Crippen molar-refractivity contribution < 1.29 is 4.79 Å². The van der Waals surface area contributed by atoms with Gasteiger partial charge < -0.3 is 10.6 Å². The van der Waals surface area contributed by atoms with E-state index in [0.29, 0.717) is 18.9 Å². The SMILES string of the molecule is Cc1cccc(Nc2nc(CC(=O)NCC(C)C)cs2)n1. The second kappa shape index (κ2) is 7.17. The van der Waals surface area contributed by atoms with Crippen LogP contribution in [-0.4, -0.2) is 22.4 Å². The van der Waals surface area contributed by atoms with Crippen LogP contribution in [0.3, 0.4) is 0 Å². The number of aromatic nitrogens is 2. The molecule has 5 nitrogen and oxygen atoms in total. The first kappa shape index (κ1) is 15.4. The van der Waals surface area contributed by atoms with Gasteiger partial charge in [0.15, 0.2) is 5.13 Å². The van der Waals surface area contributed by atoms with Crippen molar-refractivity contribution in [3.8, 4) is 0 Å². The molecule has 0 radical (unpaired) electrons. The summed E-state index contributed by atoms with van der Waals surface area (Å²) < 4.78 is 0. The van der Waals surface area contributed by atoms with Gasteiger partial charge in [-0.05, 0) is 25.0 Å². The summed E-state index contributed by atoms with van der Waals surface area (Å²) in [5.74, 6) is 1.23. The molecular weight excluding hydrogens is 284 g/mol. The van der Waals surface area contributed by atoms with Gasteiger partial charge in [-0.1, -0.05) is 19.9 Å². The predicted molar refractivity (Wildman–Crippen MR) is 85.9 cm³/mol. The summed E-state index contributed by atoms with van der Waals surface area (Å²) >= 11 is 1.47. The van der Waals surface area contributed by atoms with Crippen LogP contribution in [0.1, 0.15) is 25.2 Å². The number of carbonyl (C=O) groups excluding carboxylic acids is 1. The quantitative estimate of drug-likeness (QED) is 0.861. The Labute approximate surface area is 128 Å². The summed E-state index contributed by atoms with van der Waals surface area (Å²) in [6.45, 7) is 6.78. The number of pyridine rings is 1. The lowest BCUT2D eigenvalue weighted by Gasteiger charge is -2.06. The molecule has 0 bridgehead atoms. The van der Waals surface area contributed by atoms with Gasteiger partial charge in [-0.2, -0.15) is 0 Å². The van der Waals surface area contributed by atoms with Crippen LogP contribution in [0.4, 0.5) is 10.9 Å². The maximum absolute atomic E-state index is 11.7. The topological polar surface area (TPSA) is 66.9 Å². The van der Waals surface area contributed by atoms with Crippen LogP contribution in [0.5, 0.6) is 0 Å². The van der Waals surface area contributed by atoms with Crippen molar-refractivity contribution in [3.63, 3.8) is 0 Å². The summed E-state index contributed by atoms with van der Waals surface area (Å²) in [5.41, 5.74) is 1.72. The number of hydrogen-bond donors (Lipinski definition) is 2. The average Bonchev–Trinajstić information content (AvgIpc) is 2.83. The zero-order valence-corrected chi connectivity index (χ0v) is 13.3. The molecule has 2 N–H and O–H groups in total. The Hall–Kier alpha value is -1.95. The van der Waals surface area contributed by atoms with E-state index >= 15 is 0 Å². The number of nitrogens with zero attached hydrogens (tertiary/aromatic N) is 2. The Balaban J connectivity index is 1.91. The molecule has 2 rings (SSSR count). The van der Waals surface area contributed by atoms with Gasteiger partial charge >= 0.3 is 0 Å². The van der Waals surface area contributed by atoms with Crippen molar-refractivity contribution in [2.75, 3.05) is 11.9 Å². The van der Waals surface area contributed by atoms with E-state index in [9.17, 15) is 4.79 Å². The number of nitrogens with one attached hydrogen (secondary N) is 2. The first-order valence-corrected chi connectivity index (χ1v) is 7.82. The molecule has 0 atom stereocenters. The van der Waals surface area contributed by atoms with Crippen LogP contribution in [-0.2, 0) is 11.2 Å².